The highest BCUT2D eigenvalue weighted by molar-refractivity contribution is 9.10. The molecule has 1 fully saturated rings. The van der Waals surface area contributed by atoms with Gasteiger partial charge in [0.25, 0.3) is 5.91 Å². The minimum absolute atomic E-state index is 0.0645. The SMILES string of the molecule is CN(CC1CC1)C(=O)c1cc(S)ccc1Br. The number of benzene rings is 1. The van der Waals surface area contributed by atoms with Crippen LogP contribution in [0.25, 0.3) is 0 Å². The van der Waals surface area contributed by atoms with Gasteiger partial charge in [0.2, 0.25) is 0 Å². The molecular weight excluding hydrogens is 286 g/mol. The van der Waals surface area contributed by atoms with Crippen molar-refractivity contribution in [3.63, 3.8) is 0 Å². The van der Waals surface area contributed by atoms with Gasteiger partial charge in [-0.25, -0.2) is 0 Å². The van der Waals surface area contributed by atoms with E-state index in [4.69, 9.17) is 0 Å². The monoisotopic (exact) mass is 299 g/mol. The molecule has 0 spiro atoms. The number of rotatable bonds is 3. The molecule has 1 aliphatic rings. The van der Waals surface area contributed by atoms with Crippen LogP contribution in [-0.2, 0) is 0 Å². The summed E-state index contributed by atoms with van der Waals surface area (Å²) in [6.07, 6.45) is 2.51. The molecule has 0 unspecified atom stereocenters. The first-order chi connectivity index (χ1) is 7.58. The van der Waals surface area contributed by atoms with E-state index in [1.165, 1.54) is 12.8 Å². The number of halogens is 1. The van der Waals surface area contributed by atoms with Crippen LogP contribution >= 0.6 is 28.6 Å². The second-order valence-electron chi connectivity index (χ2n) is 4.29. The number of hydrogen-bond acceptors (Lipinski definition) is 2. The molecule has 2 nitrogen and oxygen atoms in total. The highest BCUT2D eigenvalue weighted by Crippen LogP contribution is 2.30. The number of thiol groups is 1. The molecule has 0 saturated heterocycles. The molecule has 0 atom stereocenters. The highest BCUT2D eigenvalue weighted by Gasteiger charge is 2.25. The Morgan fingerprint density at radius 1 is 1.56 bits per heavy atom. The fourth-order valence-corrected chi connectivity index (χ4v) is 2.27. The van der Waals surface area contributed by atoms with E-state index in [-0.39, 0.29) is 5.91 Å². The maximum atomic E-state index is 12.1. The van der Waals surface area contributed by atoms with Crippen LogP contribution < -0.4 is 0 Å². The van der Waals surface area contributed by atoms with Crippen molar-refractivity contribution in [1.82, 2.24) is 4.90 Å². The van der Waals surface area contributed by atoms with Gasteiger partial charge in [0.05, 0.1) is 5.56 Å². The lowest BCUT2D eigenvalue weighted by atomic mass is 10.2. The van der Waals surface area contributed by atoms with Crippen LogP contribution in [0.2, 0.25) is 0 Å². The minimum atomic E-state index is 0.0645. The van der Waals surface area contributed by atoms with E-state index in [2.05, 4.69) is 28.6 Å². The minimum Gasteiger partial charge on any atom is -0.341 e. The van der Waals surface area contributed by atoms with Crippen LogP contribution in [0, 0.1) is 5.92 Å². The average Bonchev–Trinajstić information content (AvgIpc) is 3.04. The molecule has 0 aliphatic heterocycles. The Kier molecular flexibility index (Phi) is 3.60. The summed E-state index contributed by atoms with van der Waals surface area (Å²) in [4.78, 5) is 14.8. The molecule has 0 bridgehead atoms. The van der Waals surface area contributed by atoms with E-state index >= 15 is 0 Å². The van der Waals surface area contributed by atoms with Crippen molar-refractivity contribution in [3.05, 3.63) is 28.2 Å². The van der Waals surface area contributed by atoms with Gasteiger partial charge in [-0.2, -0.15) is 0 Å². The van der Waals surface area contributed by atoms with E-state index < -0.39 is 0 Å². The maximum Gasteiger partial charge on any atom is 0.254 e. The summed E-state index contributed by atoms with van der Waals surface area (Å²) in [6, 6.07) is 5.53. The summed E-state index contributed by atoms with van der Waals surface area (Å²) in [7, 11) is 1.86. The number of carbonyl (C=O) groups is 1. The number of hydrogen-bond donors (Lipinski definition) is 1. The standard InChI is InChI=1S/C12H14BrNOS/c1-14(7-8-2-3-8)12(15)10-6-9(16)4-5-11(10)13/h4-6,8,16H,2-3,7H2,1H3. The summed E-state index contributed by atoms with van der Waals surface area (Å²) in [5.74, 6) is 0.779. The fourth-order valence-electron chi connectivity index (χ4n) is 1.65. The first-order valence-corrected chi connectivity index (χ1v) is 6.56. The lowest BCUT2D eigenvalue weighted by molar-refractivity contribution is 0.0787. The third-order valence-corrected chi connectivity index (χ3v) is 3.73. The van der Waals surface area contributed by atoms with Gasteiger partial charge in [-0.05, 0) is 52.9 Å². The third kappa shape index (κ3) is 2.80. The Balaban J connectivity index is 2.14. The van der Waals surface area contributed by atoms with Crippen LogP contribution in [0.15, 0.2) is 27.6 Å². The van der Waals surface area contributed by atoms with Gasteiger partial charge in [0.15, 0.2) is 0 Å². The first kappa shape index (κ1) is 12.0. The van der Waals surface area contributed by atoms with Crippen molar-refractivity contribution < 1.29 is 4.79 Å². The molecule has 1 aromatic carbocycles. The largest absolute Gasteiger partial charge is 0.341 e. The quantitative estimate of drug-likeness (QED) is 0.850. The molecule has 16 heavy (non-hydrogen) atoms. The van der Waals surface area contributed by atoms with Gasteiger partial charge in [0.1, 0.15) is 0 Å². The molecule has 0 heterocycles. The first-order valence-electron chi connectivity index (χ1n) is 5.32. The van der Waals surface area contributed by atoms with Crippen molar-refractivity contribution >= 4 is 34.5 Å². The molecule has 4 heteroatoms. The van der Waals surface area contributed by atoms with Crippen LogP contribution in [0.1, 0.15) is 23.2 Å². The third-order valence-electron chi connectivity index (χ3n) is 2.76. The van der Waals surface area contributed by atoms with E-state index in [9.17, 15) is 4.79 Å². The second kappa shape index (κ2) is 4.80. The van der Waals surface area contributed by atoms with Crippen LogP contribution in [-0.4, -0.2) is 24.4 Å². The molecule has 0 aromatic heterocycles. The Labute approximate surface area is 110 Å². The van der Waals surface area contributed by atoms with Crippen LogP contribution in [0.5, 0.6) is 0 Å². The van der Waals surface area contributed by atoms with Crippen molar-refractivity contribution in [2.24, 2.45) is 5.92 Å². The topological polar surface area (TPSA) is 20.3 Å². The average molecular weight is 300 g/mol. The van der Waals surface area contributed by atoms with E-state index in [1.807, 2.05) is 19.2 Å². The molecule has 0 radical (unpaired) electrons. The molecule has 1 aliphatic carbocycles. The Morgan fingerprint density at radius 3 is 2.88 bits per heavy atom. The number of carbonyl (C=O) groups excluding carboxylic acids is 1. The molecule has 0 N–H and O–H groups in total. The molecule has 1 saturated carbocycles. The lowest BCUT2D eigenvalue weighted by Crippen LogP contribution is -2.29. The van der Waals surface area contributed by atoms with E-state index in [1.54, 1.807) is 11.0 Å². The highest BCUT2D eigenvalue weighted by atomic mass is 79.9. The summed E-state index contributed by atoms with van der Waals surface area (Å²) < 4.78 is 0.831. The Bertz CT molecular complexity index is 417. The predicted octanol–water partition coefficient (Wildman–Crippen LogP) is 3.22. The summed E-state index contributed by atoms with van der Waals surface area (Å²) in [6.45, 7) is 0.863. The van der Waals surface area contributed by atoms with Crippen molar-refractivity contribution in [1.29, 1.82) is 0 Å². The molecule has 1 aromatic rings. The predicted molar refractivity (Wildman–Crippen MR) is 71.1 cm³/mol. The van der Waals surface area contributed by atoms with Crippen molar-refractivity contribution in [3.8, 4) is 0 Å². The molecular formula is C12H14BrNOS. The fraction of sp³-hybridized carbons (Fsp3) is 0.417. The van der Waals surface area contributed by atoms with Crippen molar-refractivity contribution in [2.45, 2.75) is 17.7 Å². The Morgan fingerprint density at radius 2 is 2.25 bits per heavy atom. The van der Waals surface area contributed by atoms with Gasteiger partial charge >= 0.3 is 0 Å². The smallest absolute Gasteiger partial charge is 0.254 e. The van der Waals surface area contributed by atoms with Gasteiger partial charge in [-0.3, -0.25) is 4.79 Å². The van der Waals surface area contributed by atoms with Gasteiger partial charge in [-0.1, -0.05) is 0 Å². The van der Waals surface area contributed by atoms with E-state index in [0.717, 1.165) is 15.9 Å². The zero-order chi connectivity index (χ0) is 11.7. The van der Waals surface area contributed by atoms with Crippen LogP contribution in [0.4, 0.5) is 0 Å². The van der Waals surface area contributed by atoms with Gasteiger partial charge < -0.3 is 4.90 Å². The maximum absolute atomic E-state index is 12.1. The molecule has 86 valence electrons. The molecule has 2 rings (SSSR count). The normalized spacial score (nSPS) is 14.9. The van der Waals surface area contributed by atoms with Crippen LogP contribution in [0.3, 0.4) is 0 Å². The molecule has 1 amide bonds. The van der Waals surface area contributed by atoms with E-state index in [0.29, 0.717) is 11.5 Å². The second-order valence-corrected chi connectivity index (χ2v) is 5.66. The Hall–Kier alpha value is -0.480. The summed E-state index contributed by atoms with van der Waals surface area (Å²) in [5, 5.41) is 0. The number of nitrogens with zero attached hydrogens (tertiary/aromatic N) is 1. The zero-order valence-electron chi connectivity index (χ0n) is 9.11. The zero-order valence-corrected chi connectivity index (χ0v) is 11.6. The summed E-state index contributed by atoms with van der Waals surface area (Å²) >= 11 is 7.65. The van der Waals surface area contributed by atoms with Gasteiger partial charge in [0, 0.05) is 23.0 Å². The van der Waals surface area contributed by atoms with Gasteiger partial charge in [-0.15, -0.1) is 12.6 Å². The van der Waals surface area contributed by atoms with Crippen molar-refractivity contribution in [2.75, 3.05) is 13.6 Å². The summed E-state index contributed by atoms with van der Waals surface area (Å²) in [5.41, 5.74) is 0.690. The number of amides is 1. The lowest BCUT2D eigenvalue weighted by Gasteiger charge is -2.17.